The molecule has 0 bridgehead atoms. The van der Waals surface area contributed by atoms with Crippen molar-refractivity contribution in [3.8, 4) is 0 Å². The first-order valence-electron chi connectivity index (χ1n) is 6.89. The van der Waals surface area contributed by atoms with Crippen molar-refractivity contribution < 1.29 is 4.74 Å². The normalized spacial score (nSPS) is 19.0. The number of hydrogen-bond donors (Lipinski definition) is 1. The van der Waals surface area contributed by atoms with Crippen molar-refractivity contribution >= 4 is 11.3 Å². The second-order valence-electron chi connectivity index (χ2n) is 4.92. The molecular formula is C14H24N2OS. The Labute approximate surface area is 114 Å². The summed E-state index contributed by atoms with van der Waals surface area (Å²) in [6, 6.07) is 5.03. The lowest BCUT2D eigenvalue weighted by atomic mass is 10.3. The molecule has 3 nitrogen and oxygen atoms in total. The van der Waals surface area contributed by atoms with E-state index in [1.54, 1.807) is 0 Å². The van der Waals surface area contributed by atoms with Gasteiger partial charge in [0.1, 0.15) is 0 Å². The standard InChI is InChI=1S/C14H24N2OS/c1-3-13-4-5-14(18-13)10-15-12(2)11-16-6-8-17-9-7-16/h4-5,12,15H,3,6-11H2,1-2H3. The van der Waals surface area contributed by atoms with Crippen molar-refractivity contribution in [1.29, 1.82) is 0 Å². The van der Waals surface area contributed by atoms with E-state index in [-0.39, 0.29) is 0 Å². The molecule has 2 heterocycles. The number of nitrogens with zero attached hydrogens (tertiary/aromatic N) is 1. The zero-order chi connectivity index (χ0) is 12.8. The molecule has 0 amide bonds. The predicted octanol–water partition coefficient (Wildman–Crippen LogP) is 2.12. The molecule has 1 fully saturated rings. The van der Waals surface area contributed by atoms with Gasteiger partial charge in [0.2, 0.25) is 0 Å². The third-order valence-electron chi connectivity index (χ3n) is 3.33. The van der Waals surface area contributed by atoms with Crippen LogP contribution in [0.5, 0.6) is 0 Å². The number of ether oxygens (including phenoxy) is 1. The Morgan fingerprint density at radius 3 is 2.72 bits per heavy atom. The van der Waals surface area contributed by atoms with Crippen molar-refractivity contribution in [1.82, 2.24) is 10.2 Å². The van der Waals surface area contributed by atoms with E-state index < -0.39 is 0 Å². The molecule has 0 aromatic carbocycles. The van der Waals surface area contributed by atoms with Crippen LogP contribution in [0, 0.1) is 0 Å². The first-order valence-corrected chi connectivity index (χ1v) is 7.70. The van der Waals surface area contributed by atoms with Gasteiger partial charge in [-0.15, -0.1) is 11.3 Å². The molecule has 102 valence electrons. The second-order valence-corrected chi connectivity index (χ2v) is 6.17. The van der Waals surface area contributed by atoms with Crippen LogP contribution in [-0.2, 0) is 17.7 Å². The van der Waals surface area contributed by atoms with Gasteiger partial charge >= 0.3 is 0 Å². The third-order valence-corrected chi connectivity index (χ3v) is 4.56. The minimum atomic E-state index is 0.537. The van der Waals surface area contributed by atoms with Gasteiger partial charge in [-0.05, 0) is 25.5 Å². The molecule has 0 radical (unpaired) electrons. The van der Waals surface area contributed by atoms with Crippen LogP contribution in [-0.4, -0.2) is 43.8 Å². The van der Waals surface area contributed by atoms with E-state index in [9.17, 15) is 0 Å². The van der Waals surface area contributed by atoms with E-state index in [0.717, 1.165) is 45.8 Å². The van der Waals surface area contributed by atoms with Gasteiger partial charge in [0.15, 0.2) is 0 Å². The molecule has 1 aromatic heterocycles. The van der Waals surface area contributed by atoms with Gasteiger partial charge in [-0.2, -0.15) is 0 Å². The van der Waals surface area contributed by atoms with Crippen LogP contribution in [0.15, 0.2) is 12.1 Å². The number of rotatable bonds is 6. The minimum absolute atomic E-state index is 0.537. The highest BCUT2D eigenvalue weighted by Gasteiger charge is 2.13. The number of hydrogen-bond acceptors (Lipinski definition) is 4. The van der Waals surface area contributed by atoms with E-state index in [4.69, 9.17) is 4.74 Å². The van der Waals surface area contributed by atoms with Gasteiger partial charge in [-0.3, -0.25) is 4.90 Å². The average molecular weight is 268 g/mol. The van der Waals surface area contributed by atoms with Gasteiger partial charge in [0.25, 0.3) is 0 Å². The van der Waals surface area contributed by atoms with Crippen LogP contribution in [0.1, 0.15) is 23.6 Å². The highest BCUT2D eigenvalue weighted by Crippen LogP contribution is 2.16. The molecule has 2 rings (SSSR count). The number of aryl methyl sites for hydroxylation is 1. The first-order chi connectivity index (χ1) is 8.78. The fraction of sp³-hybridized carbons (Fsp3) is 0.714. The number of nitrogens with one attached hydrogen (secondary N) is 1. The smallest absolute Gasteiger partial charge is 0.0594 e. The molecule has 1 N–H and O–H groups in total. The molecule has 1 unspecified atom stereocenters. The monoisotopic (exact) mass is 268 g/mol. The van der Waals surface area contributed by atoms with Crippen molar-refractivity contribution in [3.05, 3.63) is 21.9 Å². The quantitative estimate of drug-likeness (QED) is 0.855. The molecule has 1 atom stereocenters. The van der Waals surface area contributed by atoms with Crippen molar-refractivity contribution in [3.63, 3.8) is 0 Å². The topological polar surface area (TPSA) is 24.5 Å². The number of morpholine rings is 1. The van der Waals surface area contributed by atoms with Crippen LogP contribution in [0.25, 0.3) is 0 Å². The maximum absolute atomic E-state index is 5.37. The summed E-state index contributed by atoms with van der Waals surface area (Å²) in [4.78, 5) is 5.40. The zero-order valence-corrected chi connectivity index (χ0v) is 12.3. The summed E-state index contributed by atoms with van der Waals surface area (Å²) in [6.07, 6.45) is 1.15. The fourth-order valence-electron chi connectivity index (χ4n) is 2.22. The summed E-state index contributed by atoms with van der Waals surface area (Å²) in [7, 11) is 0. The maximum Gasteiger partial charge on any atom is 0.0594 e. The highest BCUT2D eigenvalue weighted by molar-refractivity contribution is 7.11. The van der Waals surface area contributed by atoms with E-state index in [1.165, 1.54) is 9.75 Å². The predicted molar refractivity (Wildman–Crippen MR) is 77.3 cm³/mol. The molecule has 1 aromatic rings. The Morgan fingerprint density at radius 2 is 2.06 bits per heavy atom. The summed E-state index contributed by atoms with van der Waals surface area (Å²) in [5, 5.41) is 3.61. The molecule has 1 saturated heterocycles. The van der Waals surface area contributed by atoms with Crippen molar-refractivity contribution in [2.45, 2.75) is 32.9 Å². The van der Waals surface area contributed by atoms with Crippen LogP contribution in [0.3, 0.4) is 0 Å². The second kappa shape index (κ2) is 7.24. The Balaban J connectivity index is 1.68. The molecule has 1 aliphatic rings. The van der Waals surface area contributed by atoms with Gasteiger partial charge in [0, 0.05) is 42.0 Å². The largest absolute Gasteiger partial charge is 0.379 e. The summed E-state index contributed by atoms with van der Waals surface area (Å²) in [6.45, 7) is 10.5. The van der Waals surface area contributed by atoms with Gasteiger partial charge in [-0.25, -0.2) is 0 Å². The third kappa shape index (κ3) is 4.35. The van der Waals surface area contributed by atoms with E-state index in [2.05, 4.69) is 36.2 Å². The Hall–Kier alpha value is -0.420. The molecule has 1 aliphatic heterocycles. The summed E-state index contributed by atoms with van der Waals surface area (Å²) in [5.41, 5.74) is 0. The molecule has 0 spiro atoms. The van der Waals surface area contributed by atoms with E-state index >= 15 is 0 Å². The minimum Gasteiger partial charge on any atom is -0.379 e. The SMILES string of the molecule is CCc1ccc(CNC(C)CN2CCOCC2)s1. The molecule has 0 saturated carbocycles. The van der Waals surface area contributed by atoms with E-state index in [1.807, 2.05) is 11.3 Å². The number of thiophene rings is 1. The van der Waals surface area contributed by atoms with Crippen molar-refractivity contribution in [2.24, 2.45) is 0 Å². The zero-order valence-electron chi connectivity index (χ0n) is 11.4. The lowest BCUT2D eigenvalue weighted by Crippen LogP contribution is -2.44. The molecule has 0 aliphatic carbocycles. The fourth-order valence-corrected chi connectivity index (χ4v) is 3.13. The Kier molecular flexibility index (Phi) is 5.63. The summed E-state index contributed by atoms with van der Waals surface area (Å²) < 4.78 is 5.37. The highest BCUT2D eigenvalue weighted by atomic mass is 32.1. The van der Waals surface area contributed by atoms with Crippen molar-refractivity contribution in [2.75, 3.05) is 32.8 Å². The molecule has 18 heavy (non-hydrogen) atoms. The Morgan fingerprint density at radius 1 is 1.33 bits per heavy atom. The van der Waals surface area contributed by atoms with Crippen LogP contribution in [0.4, 0.5) is 0 Å². The average Bonchev–Trinajstić information content (AvgIpc) is 2.85. The summed E-state index contributed by atoms with van der Waals surface area (Å²) >= 11 is 1.92. The van der Waals surface area contributed by atoms with Crippen LogP contribution >= 0.6 is 11.3 Å². The first kappa shape index (κ1) is 14.0. The molecule has 4 heteroatoms. The Bertz CT molecular complexity index is 347. The van der Waals surface area contributed by atoms with Gasteiger partial charge in [0.05, 0.1) is 13.2 Å². The maximum atomic E-state index is 5.37. The van der Waals surface area contributed by atoms with Gasteiger partial charge in [-0.1, -0.05) is 6.92 Å². The summed E-state index contributed by atoms with van der Waals surface area (Å²) in [5.74, 6) is 0. The van der Waals surface area contributed by atoms with Gasteiger partial charge < -0.3 is 10.1 Å². The molecular weight excluding hydrogens is 244 g/mol. The lowest BCUT2D eigenvalue weighted by Gasteiger charge is -2.29. The van der Waals surface area contributed by atoms with E-state index in [0.29, 0.717) is 6.04 Å². The lowest BCUT2D eigenvalue weighted by molar-refractivity contribution is 0.0343. The van der Waals surface area contributed by atoms with Crippen LogP contribution in [0.2, 0.25) is 0 Å². The van der Waals surface area contributed by atoms with Crippen LogP contribution < -0.4 is 5.32 Å².